The van der Waals surface area contributed by atoms with Gasteiger partial charge in [-0.05, 0) is 47.6 Å². The molecule has 4 heteroatoms. The van der Waals surface area contributed by atoms with E-state index in [1.807, 2.05) is 0 Å². The van der Waals surface area contributed by atoms with Crippen molar-refractivity contribution in [2.24, 2.45) is 10.8 Å². The lowest BCUT2D eigenvalue weighted by Gasteiger charge is -2.34. The van der Waals surface area contributed by atoms with E-state index >= 15 is 0 Å². The molecule has 1 N–H and O–H groups in total. The second-order valence-corrected chi connectivity index (χ2v) is 11.9. The number of unbranched alkanes of at least 4 members (excludes halogenated alkanes) is 1. The molecule has 0 aromatic heterocycles. The van der Waals surface area contributed by atoms with Gasteiger partial charge in [0.2, 0.25) is 5.91 Å². The zero-order chi connectivity index (χ0) is 24.3. The number of nitrogens with zero attached hydrogens (tertiary/aromatic N) is 2. The highest BCUT2D eigenvalue weighted by molar-refractivity contribution is 5.78. The Kier molecular flexibility index (Phi) is 11.4. The van der Waals surface area contributed by atoms with Crippen molar-refractivity contribution < 1.29 is 4.79 Å². The summed E-state index contributed by atoms with van der Waals surface area (Å²) in [6.45, 7) is 20.2. The van der Waals surface area contributed by atoms with Crippen molar-refractivity contribution in [1.29, 1.82) is 0 Å². The van der Waals surface area contributed by atoms with Gasteiger partial charge in [0.1, 0.15) is 0 Å². The van der Waals surface area contributed by atoms with Crippen molar-refractivity contribution in [3.8, 4) is 0 Å². The maximum absolute atomic E-state index is 12.5. The summed E-state index contributed by atoms with van der Waals surface area (Å²) >= 11 is 0. The van der Waals surface area contributed by atoms with E-state index in [-0.39, 0.29) is 5.91 Å². The molecule has 1 amide bonds. The van der Waals surface area contributed by atoms with Crippen LogP contribution < -0.4 is 5.32 Å². The second kappa shape index (κ2) is 13.5. The number of amides is 1. The van der Waals surface area contributed by atoms with Crippen LogP contribution in [0.3, 0.4) is 0 Å². The maximum atomic E-state index is 12.5. The minimum atomic E-state index is 0.187. The molecule has 1 heterocycles. The fraction of sp³-hybridized carbons (Fsp3) is 0.759. The van der Waals surface area contributed by atoms with E-state index in [2.05, 4.69) is 80.9 Å². The first kappa shape index (κ1) is 27.9. The van der Waals surface area contributed by atoms with Gasteiger partial charge in [0.05, 0.1) is 6.54 Å². The molecule has 1 unspecified atom stereocenters. The Hall–Kier alpha value is -1.39. The van der Waals surface area contributed by atoms with Crippen LogP contribution in [-0.4, -0.2) is 55.0 Å². The number of rotatable bonds is 13. The highest BCUT2D eigenvalue weighted by Crippen LogP contribution is 2.33. The fourth-order valence-corrected chi connectivity index (χ4v) is 5.08. The zero-order valence-electron chi connectivity index (χ0n) is 22.5. The maximum Gasteiger partial charge on any atom is 0.234 e. The van der Waals surface area contributed by atoms with E-state index < -0.39 is 0 Å². The van der Waals surface area contributed by atoms with E-state index in [9.17, 15) is 4.79 Å². The molecular weight excluding hydrogens is 406 g/mol. The summed E-state index contributed by atoms with van der Waals surface area (Å²) in [5, 5.41) is 3.20. The highest BCUT2D eigenvalue weighted by Gasteiger charge is 2.23. The van der Waals surface area contributed by atoms with Crippen molar-refractivity contribution in [2.75, 3.05) is 39.3 Å². The smallest absolute Gasteiger partial charge is 0.234 e. The normalized spacial score (nSPS) is 17.6. The zero-order valence-corrected chi connectivity index (χ0v) is 22.5. The van der Waals surface area contributed by atoms with E-state index in [4.69, 9.17) is 0 Å². The Morgan fingerprint density at radius 2 is 1.45 bits per heavy atom. The number of hydrogen-bond donors (Lipinski definition) is 1. The molecule has 0 bridgehead atoms. The lowest BCUT2D eigenvalue weighted by Crippen LogP contribution is -2.49. The van der Waals surface area contributed by atoms with Crippen molar-refractivity contribution in [3.05, 3.63) is 35.4 Å². The molecule has 0 spiro atoms. The summed E-state index contributed by atoms with van der Waals surface area (Å²) < 4.78 is 0. The van der Waals surface area contributed by atoms with Gasteiger partial charge in [-0.15, -0.1) is 0 Å². The van der Waals surface area contributed by atoms with Crippen molar-refractivity contribution in [1.82, 2.24) is 15.1 Å². The van der Waals surface area contributed by atoms with E-state index in [0.29, 0.717) is 17.4 Å². The highest BCUT2D eigenvalue weighted by atomic mass is 16.2. The molecule has 1 aliphatic heterocycles. The minimum absolute atomic E-state index is 0.187. The van der Waals surface area contributed by atoms with Gasteiger partial charge in [0, 0.05) is 39.3 Å². The topological polar surface area (TPSA) is 35.6 Å². The van der Waals surface area contributed by atoms with Crippen LogP contribution in [-0.2, 0) is 17.8 Å². The Morgan fingerprint density at radius 1 is 0.848 bits per heavy atom. The van der Waals surface area contributed by atoms with E-state index in [1.54, 1.807) is 0 Å². The van der Waals surface area contributed by atoms with Gasteiger partial charge in [0.15, 0.2) is 0 Å². The molecule has 1 saturated heterocycles. The molecule has 0 radical (unpaired) electrons. The number of hydrogen-bond acceptors (Lipinski definition) is 3. The molecule has 33 heavy (non-hydrogen) atoms. The average Bonchev–Trinajstić information content (AvgIpc) is 2.74. The third-order valence-electron chi connectivity index (χ3n) is 7.03. The number of nitrogens with one attached hydrogen (secondary N) is 1. The first-order valence-corrected chi connectivity index (χ1v) is 13.4. The standard InChI is InChI=1S/C29H51N3O/c1-7-9-15-29(6,14-8-2)16-17-30-27(33)24-32-20-18-31(19-21-32)23-26-12-10-25(11-13-26)22-28(3,4)5/h10-13H,7-9,14-24H2,1-6H3,(H,30,33). The number of carbonyl (C=O) groups excluding carboxylic acids is 1. The number of benzene rings is 1. The van der Waals surface area contributed by atoms with E-state index in [1.165, 1.54) is 43.2 Å². The Balaban J connectivity index is 1.67. The van der Waals surface area contributed by atoms with Gasteiger partial charge in [-0.1, -0.05) is 85.1 Å². The summed E-state index contributed by atoms with van der Waals surface area (Å²) in [6.07, 6.45) is 8.49. The third-order valence-corrected chi connectivity index (χ3v) is 7.03. The molecule has 188 valence electrons. The summed E-state index contributed by atoms with van der Waals surface area (Å²) in [7, 11) is 0. The molecule has 2 rings (SSSR count). The first-order valence-electron chi connectivity index (χ1n) is 13.4. The van der Waals surface area contributed by atoms with Crippen LogP contribution in [0.25, 0.3) is 0 Å². The average molecular weight is 458 g/mol. The molecule has 0 aliphatic carbocycles. The summed E-state index contributed by atoms with van der Waals surface area (Å²) in [4.78, 5) is 17.3. The molecule has 1 atom stereocenters. The van der Waals surface area contributed by atoms with Crippen molar-refractivity contribution in [3.63, 3.8) is 0 Å². The van der Waals surface area contributed by atoms with Crippen LogP contribution in [0.15, 0.2) is 24.3 Å². The minimum Gasteiger partial charge on any atom is -0.355 e. The molecule has 1 aromatic carbocycles. The molecule has 0 saturated carbocycles. The monoisotopic (exact) mass is 457 g/mol. The molecule has 4 nitrogen and oxygen atoms in total. The molecule has 1 fully saturated rings. The van der Waals surface area contributed by atoms with Crippen LogP contribution >= 0.6 is 0 Å². The largest absolute Gasteiger partial charge is 0.355 e. The Labute approximate surface area is 204 Å². The third kappa shape index (κ3) is 11.1. The Morgan fingerprint density at radius 3 is 2.03 bits per heavy atom. The van der Waals surface area contributed by atoms with Crippen molar-refractivity contribution >= 4 is 5.91 Å². The second-order valence-electron chi connectivity index (χ2n) is 11.9. The van der Waals surface area contributed by atoms with Gasteiger partial charge in [-0.25, -0.2) is 0 Å². The van der Waals surface area contributed by atoms with Gasteiger partial charge < -0.3 is 5.32 Å². The van der Waals surface area contributed by atoms with E-state index in [0.717, 1.165) is 52.1 Å². The number of carbonyl (C=O) groups is 1. The summed E-state index contributed by atoms with van der Waals surface area (Å²) in [6, 6.07) is 9.14. The van der Waals surface area contributed by atoms with Crippen LogP contribution in [0.1, 0.15) is 91.2 Å². The predicted molar refractivity (Wildman–Crippen MR) is 141 cm³/mol. The van der Waals surface area contributed by atoms with Crippen molar-refractivity contribution in [2.45, 2.75) is 93.0 Å². The fourth-order valence-electron chi connectivity index (χ4n) is 5.08. The van der Waals surface area contributed by atoms with Crippen LogP contribution in [0, 0.1) is 10.8 Å². The first-order chi connectivity index (χ1) is 15.6. The van der Waals surface area contributed by atoms with Gasteiger partial charge >= 0.3 is 0 Å². The number of piperazine rings is 1. The molecular formula is C29H51N3O. The van der Waals surface area contributed by atoms with Crippen LogP contribution in [0.5, 0.6) is 0 Å². The lowest BCUT2D eigenvalue weighted by molar-refractivity contribution is -0.122. The quantitative estimate of drug-likeness (QED) is 0.401. The summed E-state index contributed by atoms with van der Waals surface area (Å²) in [5.74, 6) is 0.187. The van der Waals surface area contributed by atoms with Gasteiger partial charge in [0.25, 0.3) is 0 Å². The van der Waals surface area contributed by atoms with Gasteiger partial charge in [-0.2, -0.15) is 0 Å². The predicted octanol–water partition coefficient (Wildman–Crippen LogP) is 5.90. The lowest BCUT2D eigenvalue weighted by atomic mass is 9.78. The summed E-state index contributed by atoms with van der Waals surface area (Å²) in [5.41, 5.74) is 3.50. The van der Waals surface area contributed by atoms with Crippen LogP contribution in [0.4, 0.5) is 0 Å². The van der Waals surface area contributed by atoms with Gasteiger partial charge in [-0.3, -0.25) is 14.6 Å². The van der Waals surface area contributed by atoms with Crippen LogP contribution in [0.2, 0.25) is 0 Å². The SMILES string of the molecule is CCCCC(C)(CCC)CCNC(=O)CN1CCN(Cc2ccc(CC(C)(C)C)cc2)CC1. The Bertz CT molecular complexity index is 686. The molecule has 1 aromatic rings. The molecule has 1 aliphatic rings.